The molecule has 21 heavy (non-hydrogen) atoms. The molecule has 0 N–H and O–H groups in total. The van der Waals surface area contributed by atoms with Crippen LogP contribution in [0.4, 0.5) is 4.39 Å². The SMILES string of the molecule is CC(CC#N)N(C)S(=O)(=O)N(C)Cc1cc(Cl)ccc1F. The zero-order chi connectivity index (χ0) is 16.2. The van der Waals surface area contributed by atoms with Gasteiger partial charge in [-0.1, -0.05) is 11.6 Å². The highest BCUT2D eigenvalue weighted by Crippen LogP contribution is 2.19. The molecule has 0 bridgehead atoms. The van der Waals surface area contributed by atoms with Crippen molar-refractivity contribution in [1.82, 2.24) is 8.61 Å². The van der Waals surface area contributed by atoms with Crippen molar-refractivity contribution >= 4 is 21.8 Å². The summed E-state index contributed by atoms with van der Waals surface area (Å²) >= 11 is 5.79. The second-order valence-electron chi connectivity index (χ2n) is 4.73. The van der Waals surface area contributed by atoms with Gasteiger partial charge in [0.1, 0.15) is 5.82 Å². The molecule has 5 nitrogen and oxygen atoms in total. The number of hydrogen-bond donors (Lipinski definition) is 0. The van der Waals surface area contributed by atoms with E-state index in [9.17, 15) is 12.8 Å². The number of nitrogens with zero attached hydrogens (tertiary/aromatic N) is 3. The number of benzene rings is 1. The van der Waals surface area contributed by atoms with E-state index in [1.807, 2.05) is 6.07 Å². The largest absolute Gasteiger partial charge is 0.282 e. The van der Waals surface area contributed by atoms with Gasteiger partial charge in [0, 0.05) is 37.3 Å². The average molecular weight is 334 g/mol. The van der Waals surface area contributed by atoms with Gasteiger partial charge in [0.15, 0.2) is 0 Å². The summed E-state index contributed by atoms with van der Waals surface area (Å²) in [5, 5.41) is 8.98. The highest BCUT2D eigenvalue weighted by Gasteiger charge is 2.28. The lowest BCUT2D eigenvalue weighted by Crippen LogP contribution is -2.43. The van der Waals surface area contributed by atoms with Gasteiger partial charge in [-0.25, -0.2) is 4.39 Å². The van der Waals surface area contributed by atoms with E-state index in [0.29, 0.717) is 5.02 Å². The van der Waals surface area contributed by atoms with E-state index < -0.39 is 22.1 Å². The second-order valence-corrected chi connectivity index (χ2v) is 7.26. The Balaban J connectivity index is 2.94. The molecule has 1 aromatic carbocycles. The topological polar surface area (TPSA) is 64.4 Å². The van der Waals surface area contributed by atoms with Crippen molar-refractivity contribution in [3.63, 3.8) is 0 Å². The Morgan fingerprint density at radius 1 is 1.43 bits per heavy atom. The lowest BCUT2D eigenvalue weighted by atomic mass is 10.2. The van der Waals surface area contributed by atoms with Gasteiger partial charge in [-0.3, -0.25) is 0 Å². The lowest BCUT2D eigenvalue weighted by Gasteiger charge is -2.28. The van der Waals surface area contributed by atoms with Crippen LogP contribution in [0.5, 0.6) is 0 Å². The monoisotopic (exact) mass is 333 g/mol. The van der Waals surface area contributed by atoms with E-state index in [1.165, 1.54) is 32.3 Å². The lowest BCUT2D eigenvalue weighted by molar-refractivity contribution is 0.343. The fourth-order valence-electron chi connectivity index (χ4n) is 1.69. The molecule has 1 aromatic rings. The van der Waals surface area contributed by atoms with Crippen LogP contribution in [0.2, 0.25) is 5.02 Å². The fraction of sp³-hybridized carbons (Fsp3) is 0.462. The van der Waals surface area contributed by atoms with Crippen molar-refractivity contribution < 1.29 is 12.8 Å². The highest BCUT2D eigenvalue weighted by molar-refractivity contribution is 7.86. The predicted octanol–water partition coefficient (Wildman–Crippen LogP) is 2.39. The standard InChI is InChI=1S/C13H17ClFN3O2S/c1-10(6-7-16)18(3)21(19,20)17(2)9-11-8-12(14)4-5-13(11)15/h4-5,8,10H,6,9H2,1-3H3. The molecular formula is C13H17ClFN3O2S. The van der Waals surface area contributed by atoms with E-state index in [-0.39, 0.29) is 18.5 Å². The zero-order valence-electron chi connectivity index (χ0n) is 12.0. The Morgan fingerprint density at radius 2 is 2.05 bits per heavy atom. The van der Waals surface area contributed by atoms with Gasteiger partial charge < -0.3 is 0 Å². The van der Waals surface area contributed by atoms with Crippen LogP contribution in [0.15, 0.2) is 18.2 Å². The van der Waals surface area contributed by atoms with Gasteiger partial charge in [-0.2, -0.15) is 22.3 Å². The van der Waals surface area contributed by atoms with Gasteiger partial charge in [0.2, 0.25) is 0 Å². The number of halogens is 2. The molecule has 1 rings (SSSR count). The summed E-state index contributed by atoms with van der Waals surface area (Å²) in [5.74, 6) is -0.519. The second kappa shape index (κ2) is 7.18. The summed E-state index contributed by atoms with van der Waals surface area (Å²) in [6.07, 6.45) is 0.0785. The van der Waals surface area contributed by atoms with Crippen LogP contribution in [0.25, 0.3) is 0 Å². The highest BCUT2D eigenvalue weighted by atomic mass is 35.5. The van der Waals surface area contributed by atoms with E-state index in [4.69, 9.17) is 16.9 Å². The van der Waals surface area contributed by atoms with Crippen molar-refractivity contribution in [2.75, 3.05) is 14.1 Å². The van der Waals surface area contributed by atoms with Gasteiger partial charge >= 0.3 is 0 Å². The molecule has 0 fully saturated rings. The van der Waals surface area contributed by atoms with E-state index in [2.05, 4.69) is 0 Å². The molecule has 1 unspecified atom stereocenters. The van der Waals surface area contributed by atoms with Crippen LogP contribution < -0.4 is 0 Å². The molecular weight excluding hydrogens is 317 g/mol. The van der Waals surface area contributed by atoms with Crippen LogP contribution in [-0.2, 0) is 16.8 Å². The Hall–Kier alpha value is -1.20. The summed E-state index contributed by atoms with van der Waals surface area (Å²) in [4.78, 5) is 0. The van der Waals surface area contributed by atoms with Crippen molar-refractivity contribution in [1.29, 1.82) is 5.26 Å². The molecule has 8 heteroatoms. The van der Waals surface area contributed by atoms with Crippen LogP contribution in [-0.4, -0.2) is 37.2 Å². The molecule has 0 saturated carbocycles. The van der Waals surface area contributed by atoms with Crippen LogP contribution in [0, 0.1) is 17.1 Å². The first-order valence-corrected chi connectivity index (χ1v) is 7.97. The summed E-state index contributed by atoms with van der Waals surface area (Å²) in [7, 11) is -1.04. The number of nitriles is 1. The van der Waals surface area contributed by atoms with Crippen LogP contribution in [0.1, 0.15) is 18.9 Å². The summed E-state index contributed by atoms with van der Waals surface area (Å²) in [5.41, 5.74) is 0.190. The third kappa shape index (κ3) is 4.38. The van der Waals surface area contributed by atoms with Crippen molar-refractivity contribution in [2.24, 2.45) is 0 Å². The Kier molecular flexibility index (Phi) is 6.10. The first kappa shape index (κ1) is 17.9. The normalized spacial score (nSPS) is 13.4. The molecule has 116 valence electrons. The number of rotatable bonds is 6. The molecule has 0 aliphatic heterocycles. The maximum Gasteiger partial charge on any atom is 0.282 e. The minimum atomic E-state index is -3.78. The van der Waals surface area contributed by atoms with Crippen molar-refractivity contribution in [3.05, 3.63) is 34.6 Å². The molecule has 0 radical (unpaired) electrons. The maximum absolute atomic E-state index is 13.7. The minimum Gasteiger partial charge on any atom is -0.207 e. The molecule has 0 heterocycles. The average Bonchev–Trinajstić information content (AvgIpc) is 2.42. The van der Waals surface area contributed by atoms with E-state index >= 15 is 0 Å². The third-order valence-corrected chi connectivity index (χ3v) is 5.41. The predicted molar refractivity (Wildman–Crippen MR) is 79.3 cm³/mol. The van der Waals surface area contributed by atoms with Crippen LogP contribution >= 0.6 is 11.6 Å². The van der Waals surface area contributed by atoms with Gasteiger partial charge in [0.05, 0.1) is 12.5 Å². The van der Waals surface area contributed by atoms with Gasteiger partial charge in [-0.05, 0) is 25.1 Å². The van der Waals surface area contributed by atoms with Gasteiger partial charge in [-0.15, -0.1) is 0 Å². The Bertz CT molecular complexity index is 645. The minimum absolute atomic E-state index is 0.0785. The number of hydrogen-bond acceptors (Lipinski definition) is 3. The van der Waals surface area contributed by atoms with Crippen LogP contribution in [0.3, 0.4) is 0 Å². The Morgan fingerprint density at radius 3 is 2.62 bits per heavy atom. The van der Waals surface area contributed by atoms with Crippen molar-refractivity contribution in [2.45, 2.75) is 25.9 Å². The first-order chi connectivity index (χ1) is 9.70. The van der Waals surface area contributed by atoms with Gasteiger partial charge in [0.25, 0.3) is 10.2 Å². The summed E-state index contributed by atoms with van der Waals surface area (Å²) in [6, 6.07) is 5.44. The molecule has 0 saturated heterocycles. The molecule has 0 aliphatic rings. The summed E-state index contributed by atoms with van der Waals surface area (Å²) < 4.78 is 40.4. The quantitative estimate of drug-likeness (QED) is 0.803. The summed E-state index contributed by atoms with van der Waals surface area (Å²) in [6.45, 7) is 1.49. The smallest absolute Gasteiger partial charge is 0.207 e. The van der Waals surface area contributed by atoms with E-state index in [1.54, 1.807) is 6.92 Å². The maximum atomic E-state index is 13.7. The fourth-order valence-corrected chi connectivity index (χ4v) is 3.16. The molecule has 1 atom stereocenters. The molecule has 0 aromatic heterocycles. The zero-order valence-corrected chi connectivity index (χ0v) is 13.6. The first-order valence-electron chi connectivity index (χ1n) is 6.20. The third-order valence-electron chi connectivity index (χ3n) is 3.17. The molecule has 0 spiro atoms. The molecule has 0 aliphatic carbocycles. The van der Waals surface area contributed by atoms with Crippen molar-refractivity contribution in [3.8, 4) is 6.07 Å². The van der Waals surface area contributed by atoms with E-state index in [0.717, 1.165) is 8.61 Å². The Labute approximate surface area is 129 Å². The molecule has 0 amide bonds.